The van der Waals surface area contributed by atoms with Crippen LogP contribution >= 0.6 is 11.8 Å². The van der Waals surface area contributed by atoms with Crippen molar-refractivity contribution in [1.29, 1.82) is 0 Å². The van der Waals surface area contributed by atoms with Crippen LogP contribution in [-0.2, 0) is 11.0 Å². The van der Waals surface area contributed by atoms with Crippen molar-refractivity contribution in [2.45, 2.75) is 60.7 Å². The molecule has 1 aliphatic rings. The number of fused-ring (bicyclic) bond motifs is 1. The number of nitrogens with zero attached hydrogens (tertiary/aromatic N) is 5. The minimum absolute atomic E-state index is 0.0832. The molecule has 2 heterocycles. The standard InChI is InChI=1S/C21H23F3N6O4S/c1-2-3-8-25-17-14-18(30(29-28-14)13-9-12(19(33)34)15(31)16(13)32)27-20(26-17)35-11-6-4-10(5-7-11)21(22,23)24/h4-7,12-13,15-16,31-32H,2-3,8-9H2,1H3,(H,33,34)(H,25,26,27)/t12-,13+,15+,16-/m0/s1. The normalized spacial score (nSPS) is 22.6. The molecule has 0 spiro atoms. The number of aliphatic hydroxyl groups excluding tert-OH is 2. The van der Waals surface area contributed by atoms with Gasteiger partial charge in [-0.1, -0.05) is 18.6 Å². The second-order valence-corrected chi connectivity index (χ2v) is 9.24. The molecule has 14 heteroatoms. The number of aliphatic carboxylic acids is 1. The summed E-state index contributed by atoms with van der Waals surface area (Å²) < 4.78 is 39.9. The number of aliphatic hydroxyl groups is 2. The van der Waals surface area contributed by atoms with E-state index in [-0.39, 0.29) is 17.2 Å². The molecule has 4 rings (SSSR count). The van der Waals surface area contributed by atoms with Crippen LogP contribution in [0.15, 0.2) is 34.3 Å². The maximum absolute atomic E-state index is 12.9. The van der Waals surface area contributed by atoms with Gasteiger partial charge < -0.3 is 20.6 Å². The maximum Gasteiger partial charge on any atom is 0.416 e. The van der Waals surface area contributed by atoms with E-state index in [0.717, 1.165) is 36.7 Å². The smallest absolute Gasteiger partial charge is 0.416 e. The van der Waals surface area contributed by atoms with Gasteiger partial charge >= 0.3 is 12.1 Å². The monoisotopic (exact) mass is 512 g/mol. The Balaban J connectivity index is 1.71. The number of halogens is 3. The molecule has 2 aromatic heterocycles. The Morgan fingerprint density at radius 2 is 1.91 bits per heavy atom. The van der Waals surface area contributed by atoms with Gasteiger partial charge in [0.2, 0.25) is 0 Å². The van der Waals surface area contributed by atoms with Crippen molar-refractivity contribution in [3.8, 4) is 0 Å². The maximum atomic E-state index is 12.9. The number of rotatable bonds is 8. The minimum atomic E-state index is -4.45. The number of benzene rings is 1. The number of aromatic nitrogens is 5. The van der Waals surface area contributed by atoms with E-state index in [0.29, 0.717) is 22.8 Å². The van der Waals surface area contributed by atoms with Crippen LogP contribution in [0, 0.1) is 5.92 Å². The van der Waals surface area contributed by atoms with E-state index in [1.54, 1.807) is 0 Å². The molecule has 1 fully saturated rings. The average Bonchev–Trinajstić information content (AvgIpc) is 3.35. The summed E-state index contributed by atoms with van der Waals surface area (Å²) in [5.41, 5.74) is -0.279. The lowest BCUT2D eigenvalue weighted by Crippen LogP contribution is -2.32. The number of unbranched alkanes of at least 4 members (excludes halogenated alkanes) is 1. The van der Waals surface area contributed by atoms with Gasteiger partial charge in [-0.25, -0.2) is 14.6 Å². The van der Waals surface area contributed by atoms with Crippen molar-refractivity contribution in [3.63, 3.8) is 0 Å². The van der Waals surface area contributed by atoms with Gasteiger partial charge in [-0.15, -0.1) is 5.10 Å². The number of carboxylic acids is 1. The first-order valence-electron chi connectivity index (χ1n) is 10.9. The summed E-state index contributed by atoms with van der Waals surface area (Å²) in [5, 5.41) is 41.5. The Hall–Kier alpha value is -2.97. The summed E-state index contributed by atoms with van der Waals surface area (Å²) in [5.74, 6) is -2.07. The molecule has 0 saturated heterocycles. The molecule has 0 amide bonds. The van der Waals surface area contributed by atoms with Crippen molar-refractivity contribution in [1.82, 2.24) is 25.0 Å². The van der Waals surface area contributed by atoms with E-state index < -0.39 is 41.9 Å². The van der Waals surface area contributed by atoms with Crippen LogP contribution in [0.2, 0.25) is 0 Å². The number of carboxylic acid groups (broad SMARTS) is 1. The topological polar surface area (TPSA) is 146 Å². The van der Waals surface area contributed by atoms with Crippen LogP contribution in [0.1, 0.15) is 37.8 Å². The Labute approximate surface area is 201 Å². The zero-order chi connectivity index (χ0) is 25.3. The summed E-state index contributed by atoms with van der Waals surface area (Å²) in [6.07, 6.45) is -5.66. The molecule has 0 unspecified atom stereocenters. The number of anilines is 1. The molecule has 4 atom stereocenters. The molecule has 4 N–H and O–H groups in total. The van der Waals surface area contributed by atoms with E-state index >= 15 is 0 Å². The highest BCUT2D eigenvalue weighted by atomic mass is 32.2. The predicted molar refractivity (Wildman–Crippen MR) is 119 cm³/mol. The van der Waals surface area contributed by atoms with Crippen LogP contribution < -0.4 is 5.32 Å². The minimum Gasteiger partial charge on any atom is -0.481 e. The molecule has 0 radical (unpaired) electrons. The molecule has 1 saturated carbocycles. The summed E-state index contributed by atoms with van der Waals surface area (Å²) in [7, 11) is 0. The van der Waals surface area contributed by atoms with Crippen LogP contribution in [0.5, 0.6) is 0 Å². The first kappa shape index (κ1) is 25.1. The van der Waals surface area contributed by atoms with Crippen LogP contribution in [-0.4, -0.2) is 65.0 Å². The summed E-state index contributed by atoms with van der Waals surface area (Å²) >= 11 is 1.03. The molecule has 3 aromatic rings. The van der Waals surface area contributed by atoms with Gasteiger partial charge in [-0.05, 0) is 48.9 Å². The zero-order valence-corrected chi connectivity index (χ0v) is 19.3. The van der Waals surface area contributed by atoms with E-state index in [1.165, 1.54) is 16.8 Å². The van der Waals surface area contributed by atoms with Gasteiger partial charge in [0.25, 0.3) is 0 Å². The molecular weight excluding hydrogens is 489 g/mol. The van der Waals surface area contributed by atoms with Gasteiger partial charge in [-0.2, -0.15) is 13.2 Å². The number of hydrogen-bond donors (Lipinski definition) is 4. The second-order valence-electron chi connectivity index (χ2n) is 8.19. The first-order valence-corrected chi connectivity index (χ1v) is 11.7. The lowest BCUT2D eigenvalue weighted by molar-refractivity contribution is -0.146. The fourth-order valence-corrected chi connectivity index (χ4v) is 4.65. The van der Waals surface area contributed by atoms with Gasteiger partial charge in [0.15, 0.2) is 22.1 Å². The Morgan fingerprint density at radius 1 is 1.20 bits per heavy atom. The third-order valence-electron chi connectivity index (χ3n) is 5.80. The van der Waals surface area contributed by atoms with Crippen LogP contribution in [0.4, 0.5) is 19.0 Å². The van der Waals surface area contributed by atoms with E-state index in [2.05, 4.69) is 25.6 Å². The quantitative estimate of drug-likeness (QED) is 0.262. The third-order valence-corrected chi connectivity index (χ3v) is 6.67. The number of nitrogens with one attached hydrogen (secondary N) is 1. The molecule has 10 nitrogen and oxygen atoms in total. The second kappa shape index (κ2) is 9.95. The highest BCUT2D eigenvalue weighted by Crippen LogP contribution is 2.38. The first-order chi connectivity index (χ1) is 16.6. The van der Waals surface area contributed by atoms with Gasteiger partial charge in [0.05, 0.1) is 23.6 Å². The fourth-order valence-electron chi connectivity index (χ4n) is 3.90. The highest BCUT2D eigenvalue weighted by molar-refractivity contribution is 7.99. The fraction of sp³-hybridized carbons (Fsp3) is 0.476. The Bertz CT molecular complexity index is 1210. The van der Waals surface area contributed by atoms with Gasteiger partial charge in [0.1, 0.15) is 6.10 Å². The largest absolute Gasteiger partial charge is 0.481 e. The summed E-state index contributed by atoms with van der Waals surface area (Å²) in [4.78, 5) is 20.8. The predicted octanol–water partition coefficient (Wildman–Crippen LogP) is 2.97. The lowest BCUT2D eigenvalue weighted by Gasteiger charge is -2.16. The van der Waals surface area contributed by atoms with Crippen molar-refractivity contribution >= 4 is 34.7 Å². The van der Waals surface area contributed by atoms with E-state index in [9.17, 15) is 33.3 Å². The lowest BCUT2D eigenvalue weighted by atomic mass is 10.1. The van der Waals surface area contributed by atoms with Gasteiger partial charge in [0, 0.05) is 11.4 Å². The van der Waals surface area contributed by atoms with Crippen molar-refractivity contribution in [2.24, 2.45) is 5.92 Å². The van der Waals surface area contributed by atoms with Crippen molar-refractivity contribution < 1.29 is 33.3 Å². The van der Waals surface area contributed by atoms with Crippen LogP contribution in [0.3, 0.4) is 0 Å². The van der Waals surface area contributed by atoms with Crippen molar-refractivity contribution in [2.75, 3.05) is 11.9 Å². The van der Waals surface area contributed by atoms with Gasteiger partial charge in [-0.3, -0.25) is 4.79 Å². The Kier molecular flexibility index (Phi) is 7.15. The number of alkyl halides is 3. The van der Waals surface area contributed by atoms with Crippen molar-refractivity contribution in [3.05, 3.63) is 29.8 Å². The summed E-state index contributed by atoms with van der Waals surface area (Å²) in [6.45, 7) is 2.59. The molecule has 1 aromatic carbocycles. The summed E-state index contributed by atoms with van der Waals surface area (Å²) in [6, 6.07) is 3.67. The highest BCUT2D eigenvalue weighted by Gasteiger charge is 2.47. The van der Waals surface area contributed by atoms with E-state index in [1.807, 2.05) is 6.92 Å². The average molecular weight is 513 g/mol. The third kappa shape index (κ3) is 5.18. The molecule has 35 heavy (non-hydrogen) atoms. The molecule has 188 valence electrons. The zero-order valence-electron chi connectivity index (χ0n) is 18.5. The molecular formula is C21H23F3N6O4S. The molecule has 1 aliphatic carbocycles. The SMILES string of the molecule is CCCCNc1nc(Sc2ccc(C(F)(F)F)cc2)nc2c1nnn2[C@@H]1C[C@H](C(=O)O)[C@@H](O)[C@H]1O. The molecule has 0 bridgehead atoms. The number of carbonyl (C=O) groups is 1. The Morgan fingerprint density at radius 3 is 2.51 bits per heavy atom. The van der Waals surface area contributed by atoms with E-state index in [4.69, 9.17) is 0 Å². The molecule has 0 aliphatic heterocycles. The van der Waals surface area contributed by atoms with Crippen LogP contribution in [0.25, 0.3) is 11.2 Å². The number of hydrogen-bond acceptors (Lipinski definition) is 9.